The topological polar surface area (TPSA) is 17.1 Å². The van der Waals surface area contributed by atoms with Gasteiger partial charge in [0, 0.05) is 0 Å². The molecule has 0 bridgehead atoms. The van der Waals surface area contributed by atoms with E-state index in [1.54, 1.807) is 6.08 Å². The average molecular weight is 270 g/mol. The minimum Gasteiger partial charge on any atom is -0.299 e. The van der Waals surface area contributed by atoms with Crippen LogP contribution in [0.1, 0.15) is 47.0 Å². The van der Waals surface area contributed by atoms with Gasteiger partial charge in [-0.15, -0.1) is 0 Å². The molecule has 0 saturated heterocycles. The highest BCUT2D eigenvalue weighted by Crippen LogP contribution is 2.30. The largest absolute Gasteiger partial charge is 0.299 e. The lowest BCUT2D eigenvalue weighted by atomic mass is 9.84. The maximum atomic E-state index is 10.3. The number of hydrogen-bond donors (Lipinski definition) is 0. The third-order valence-electron chi connectivity index (χ3n) is 3.79. The van der Waals surface area contributed by atoms with Gasteiger partial charge in [-0.05, 0) is 63.2 Å². The molecule has 0 amide bonds. The number of aldehydes is 1. The summed E-state index contributed by atoms with van der Waals surface area (Å²) in [4.78, 5) is 10.3. The van der Waals surface area contributed by atoms with E-state index in [1.165, 1.54) is 36.0 Å². The molecule has 0 fully saturated rings. The summed E-state index contributed by atoms with van der Waals surface area (Å²) in [5.74, 6) is 0.682. The first-order valence-corrected chi connectivity index (χ1v) is 7.39. The van der Waals surface area contributed by atoms with Crippen molar-refractivity contribution in [1.29, 1.82) is 0 Å². The Balaban J connectivity index is 2.70. The molecule has 0 N–H and O–H groups in total. The van der Waals surface area contributed by atoms with Crippen LogP contribution >= 0.6 is 0 Å². The molecular weight excluding hydrogens is 244 g/mol. The Morgan fingerprint density at radius 1 is 1.15 bits per heavy atom. The molecular formula is C19H26O. The maximum Gasteiger partial charge on any atom is 0.143 e. The Morgan fingerprint density at radius 2 is 1.85 bits per heavy atom. The van der Waals surface area contributed by atoms with Gasteiger partial charge >= 0.3 is 0 Å². The van der Waals surface area contributed by atoms with Crippen molar-refractivity contribution in [2.75, 3.05) is 0 Å². The van der Waals surface area contributed by atoms with Crippen LogP contribution in [0.15, 0.2) is 58.7 Å². The van der Waals surface area contributed by atoms with E-state index in [9.17, 15) is 4.79 Å². The molecule has 0 aromatic rings. The van der Waals surface area contributed by atoms with E-state index in [0.29, 0.717) is 5.92 Å². The molecule has 0 aromatic carbocycles. The van der Waals surface area contributed by atoms with Crippen molar-refractivity contribution in [2.45, 2.75) is 47.0 Å². The van der Waals surface area contributed by atoms with Crippen LogP contribution in [0.2, 0.25) is 0 Å². The lowest BCUT2D eigenvalue weighted by molar-refractivity contribution is -0.104. The Labute approximate surface area is 123 Å². The summed E-state index contributed by atoms with van der Waals surface area (Å²) >= 11 is 0. The second kappa shape index (κ2) is 8.52. The quantitative estimate of drug-likeness (QED) is 0.375. The molecule has 0 aromatic heterocycles. The van der Waals surface area contributed by atoms with Crippen molar-refractivity contribution in [3.8, 4) is 0 Å². The van der Waals surface area contributed by atoms with Crippen LogP contribution < -0.4 is 0 Å². The average Bonchev–Trinajstić information content (AvgIpc) is 2.38. The van der Waals surface area contributed by atoms with Gasteiger partial charge in [0.15, 0.2) is 0 Å². The molecule has 1 aliphatic rings. The number of carbonyl (C=O) groups excluding carboxylic acids is 1. The van der Waals surface area contributed by atoms with Crippen LogP contribution in [0.25, 0.3) is 0 Å². The van der Waals surface area contributed by atoms with Gasteiger partial charge in [-0.1, -0.05) is 48.5 Å². The molecule has 20 heavy (non-hydrogen) atoms. The minimum absolute atomic E-state index is 0.682. The van der Waals surface area contributed by atoms with Gasteiger partial charge in [-0.3, -0.25) is 4.79 Å². The Hall–Kier alpha value is -1.63. The zero-order valence-electron chi connectivity index (χ0n) is 13.1. The van der Waals surface area contributed by atoms with Crippen molar-refractivity contribution in [1.82, 2.24) is 0 Å². The van der Waals surface area contributed by atoms with E-state index < -0.39 is 0 Å². The lowest BCUT2D eigenvalue weighted by Gasteiger charge is -2.22. The molecule has 1 aliphatic carbocycles. The summed E-state index contributed by atoms with van der Waals surface area (Å²) in [6, 6.07) is 0. The molecule has 1 atom stereocenters. The van der Waals surface area contributed by atoms with E-state index in [4.69, 9.17) is 0 Å². The van der Waals surface area contributed by atoms with Gasteiger partial charge in [-0.2, -0.15) is 0 Å². The van der Waals surface area contributed by atoms with Gasteiger partial charge in [-0.25, -0.2) is 0 Å². The number of carbonyl (C=O) groups is 1. The third kappa shape index (κ3) is 5.56. The van der Waals surface area contributed by atoms with E-state index in [1.807, 2.05) is 19.1 Å². The summed E-state index contributed by atoms with van der Waals surface area (Å²) in [6.07, 6.45) is 16.7. The summed E-state index contributed by atoms with van der Waals surface area (Å²) in [5, 5.41) is 0. The molecule has 0 spiro atoms. The molecule has 1 unspecified atom stereocenters. The van der Waals surface area contributed by atoms with Crippen molar-refractivity contribution in [3.05, 3.63) is 58.7 Å². The summed E-state index contributed by atoms with van der Waals surface area (Å²) in [6.45, 7) is 8.58. The van der Waals surface area contributed by atoms with E-state index in [0.717, 1.165) is 11.9 Å². The maximum absolute atomic E-state index is 10.3. The van der Waals surface area contributed by atoms with Crippen molar-refractivity contribution < 1.29 is 4.79 Å². The van der Waals surface area contributed by atoms with Crippen LogP contribution in [0.5, 0.6) is 0 Å². The normalized spacial score (nSPS) is 22.1. The second-order valence-corrected chi connectivity index (χ2v) is 5.68. The van der Waals surface area contributed by atoms with Gasteiger partial charge in [0.1, 0.15) is 6.29 Å². The SMILES string of the molecule is CC1=C(/C=C/C(C)=C/C=C\C(C)=C\C=O)C(C)CCC1. The van der Waals surface area contributed by atoms with Crippen LogP contribution in [-0.2, 0) is 4.79 Å². The number of rotatable bonds is 5. The molecule has 0 radical (unpaired) electrons. The molecule has 1 heteroatoms. The van der Waals surface area contributed by atoms with Gasteiger partial charge in [0.2, 0.25) is 0 Å². The highest BCUT2D eigenvalue weighted by Gasteiger charge is 2.14. The van der Waals surface area contributed by atoms with Crippen LogP contribution in [0.4, 0.5) is 0 Å². The highest BCUT2D eigenvalue weighted by atomic mass is 16.1. The second-order valence-electron chi connectivity index (χ2n) is 5.68. The smallest absolute Gasteiger partial charge is 0.143 e. The van der Waals surface area contributed by atoms with E-state index >= 15 is 0 Å². The van der Waals surface area contributed by atoms with Gasteiger partial charge in [0.05, 0.1) is 0 Å². The predicted molar refractivity (Wildman–Crippen MR) is 87.6 cm³/mol. The minimum atomic E-state index is 0.682. The standard InChI is InChI=1S/C19H26O/c1-15(7-5-8-16(2)13-14-20)11-12-19-17(3)9-6-10-18(19)4/h5,7-8,11-14,17H,6,9-10H2,1-4H3/b8-5-,12-11+,15-7+,16-13+. The fourth-order valence-electron chi connectivity index (χ4n) is 2.49. The first-order chi connectivity index (χ1) is 9.54. The van der Waals surface area contributed by atoms with Crippen LogP contribution in [0, 0.1) is 5.92 Å². The molecule has 1 rings (SSSR count). The predicted octanol–water partition coefficient (Wildman–Crippen LogP) is 5.33. The summed E-state index contributed by atoms with van der Waals surface area (Å²) in [5.41, 5.74) is 5.23. The molecule has 0 heterocycles. The summed E-state index contributed by atoms with van der Waals surface area (Å²) in [7, 11) is 0. The molecule has 0 saturated carbocycles. The molecule has 108 valence electrons. The zero-order valence-corrected chi connectivity index (χ0v) is 13.1. The van der Waals surface area contributed by atoms with Crippen molar-refractivity contribution >= 4 is 6.29 Å². The fourth-order valence-corrected chi connectivity index (χ4v) is 2.49. The number of allylic oxidation sites excluding steroid dienone is 10. The van der Waals surface area contributed by atoms with Crippen molar-refractivity contribution in [2.24, 2.45) is 5.92 Å². The highest BCUT2D eigenvalue weighted by molar-refractivity contribution is 5.66. The number of hydrogen-bond acceptors (Lipinski definition) is 1. The Kier molecular flexibility index (Phi) is 7.00. The van der Waals surface area contributed by atoms with E-state index in [2.05, 4.69) is 39.0 Å². The van der Waals surface area contributed by atoms with Crippen LogP contribution in [-0.4, -0.2) is 6.29 Å². The first kappa shape index (κ1) is 16.4. The van der Waals surface area contributed by atoms with Gasteiger partial charge in [0.25, 0.3) is 0 Å². The molecule has 1 nitrogen and oxygen atoms in total. The fraction of sp³-hybridized carbons (Fsp3) is 0.421. The Bertz CT molecular complexity index is 484. The summed E-state index contributed by atoms with van der Waals surface area (Å²) < 4.78 is 0. The van der Waals surface area contributed by atoms with Gasteiger partial charge < -0.3 is 0 Å². The third-order valence-corrected chi connectivity index (χ3v) is 3.79. The van der Waals surface area contributed by atoms with Crippen molar-refractivity contribution in [3.63, 3.8) is 0 Å². The zero-order chi connectivity index (χ0) is 15.0. The first-order valence-electron chi connectivity index (χ1n) is 7.39. The molecule has 0 aliphatic heterocycles. The van der Waals surface area contributed by atoms with E-state index in [-0.39, 0.29) is 0 Å². The Morgan fingerprint density at radius 3 is 2.50 bits per heavy atom. The lowest BCUT2D eigenvalue weighted by Crippen LogP contribution is -2.06. The monoisotopic (exact) mass is 270 g/mol. The van der Waals surface area contributed by atoms with Crippen LogP contribution in [0.3, 0.4) is 0 Å².